The molecule has 5 nitrogen and oxygen atoms in total. The number of hydrogen-bond acceptors (Lipinski definition) is 5. The number of thioether (sulfide) groups is 1. The van der Waals surface area contributed by atoms with E-state index in [2.05, 4.69) is 15.3 Å². The van der Waals surface area contributed by atoms with Crippen molar-refractivity contribution in [2.24, 2.45) is 0 Å². The maximum absolute atomic E-state index is 11.6. The molecule has 0 radical (unpaired) electrons. The minimum atomic E-state index is -0.474. The zero-order valence-electron chi connectivity index (χ0n) is 12.5. The van der Waals surface area contributed by atoms with Crippen LogP contribution in [0.2, 0.25) is 5.15 Å². The molecule has 0 fully saturated rings. The van der Waals surface area contributed by atoms with Crippen LogP contribution in [0.3, 0.4) is 0 Å². The van der Waals surface area contributed by atoms with Gasteiger partial charge in [-0.15, -0.1) is 0 Å². The zero-order chi connectivity index (χ0) is 16.5. The average Bonchev–Trinajstić information content (AvgIpc) is 2.58. The van der Waals surface area contributed by atoms with E-state index in [1.54, 1.807) is 18.3 Å². The van der Waals surface area contributed by atoms with Crippen LogP contribution in [0.15, 0.2) is 47.8 Å². The van der Waals surface area contributed by atoms with E-state index in [0.717, 1.165) is 5.56 Å². The number of benzene rings is 1. The van der Waals surface area contributed by atoms with Crippen molar-refractivity contribution in [3.63, 3.8) is 0 Å². The highest BCUT2D eigenvalue weighted by Gasteiger charge is 2.02. The first-order valence-electron chi connectivity index (χ1n) is 6.86. The normalized spacial score (nSPS) is 10.7. The molecular weight excluding hydrogens is 334 g/mol. The van der Waals surface area contributed by atoms with E-state index in [1.807, 2.05) is 36.6 Å². The summed E-state index contributed by atoms with van der Waals surface area (Å²) in [5.41, 5.74) is 1.64. The fourth-order valence-corrected chi connectivity index (χ4v) is 2.25. The molecule has 0 atom stereocenters. The number of nitrogens with one attached hydrogen (secondary N) is 1. The fraction of sp³-hybridized carbons (Fsp3) is 0.188. The number of nitrogens with zero attached hydrogens (tertiary/aromatic N) is 2. The SMILES string of the molecule is CSc1ncc(C=CCNC(=O)OCc2ccccc2)c(Cl)n1. The summed E-state index contributed by atoms with van der Waals surface area (Å²) in [6.07, 6.45) is 6.56. The van der Waals surface area contributed by atoms with Crippen LogP contribution in [0.5, 0.6) is 0 Å². The molecule has 0 aliphatic carbocycles. The summed E-state index contributed by atoms with van der Waals surface area (Å²) in [6.45, 7) is 0.570. The van der Waals surface area contributed by atoms with Crippen LogP contribution in [0.4, 0.5) is 4.79 Å². The molecule has 0 aliphatic rings. The molecule has 1 aromatic heterocycles. The lowest BCUT2D eigenvalue weighted by atomic mass is 10.2. The molecule has 2 rings (SSSR count). The van der Waals surface area contributed by atoms with E-state index >= 15 is 0 Å². The molecule has 0 unspecified atom stereocenters. The van der Waals surface area contributed by atoms with Crippen molar-refractivity contribution in [1.29, 1.82) is 0 Å². The Balaban J connectivity index is 1.74. The Kier molecular flexibility index (Phi) is 6.90. The third-order valence-electron chi connectivity index (χ3n) is 2.80. The van der Waals surface area contributed by atoms with E-state index in [1.165, 1.54) is 11.8 Å². The quantitative estimate of drug-likeness (QED) is 0.488. The molecule has 2 aromatic rings. The Bertz CT molecular complexity index is 680. The first-order chi connectivity index (χ1) is 11.2. The molecule has 1 N–H and O–H groups in total. The molecule has 0 bridgehead atoms. The second-order valence-electron chi connectivity index (χ2n) is 4.45. The largest absolute Gasteiger partial charge is 0.445 e. The monoisotopic (exact) mass is 349 g/mol. The predicted molar refractivity (Wildman–Crippen MR) is 92.5 cm³/mol. The van der Waals surface area contributed by atoms with Crippen molar-refractivity contribution < 1.29 is 9.53 Å². The van der Waals surface area contributed by atoms with Gasteiger partial charge in [0.05, 0.1) is 0 Å². The molecular formula is C16H16ClN3O2S. The van der Waals surface area contributed by atoms with Crippen LogP contribution >= 0.6 is 23.4 Å². The van der Waals surface area contributed by atoms with Gasteiger partial charge in [0.25, 0.3) is 0 Å². The number of aromatic nitrogens is 2. The maximum atomic E-state index is 11.6. The summed E-state index contributed by atoms with van der Waals surface area (Å²) in [4.78, 5) is 19.8. The number of amides is 1. The predicted octanol–water partition coefficient (Wildman–Crippen LogP) is 3.79. The molecule has 120 valence electrons. The van der Waals surface area contributed by atoms with Crippen molar-refractivity contribution in [3.8, 4) is 0 Å². The molecule has 1 heterocycles. The number of hydrogen-bond donors (Lipinski definition) is 1. The number of halogens is 1. The van der Waals surface area contributed by atoms with Crippen LogP contribution in [-0.4, -0.2) is 28.9 Å². The third kappa shape index (κ3) is 5.92. The molecule has 0 aliphatic heterocycles. The second-order valence-corrected chi connectivity index (χ2v) is 5.58. The number of carbonyl (C=O) groups excluding carboxylic acids is 1. The lowest BCUT2D eigenvalue weighted by Gasteiger charge is -2.05. The Morgan fingerprint density at radius 3 is 2.87 bits per heavy atom. The fourth-order valence-electron chi connectivity index (χ4n) is 1.67. The first-order valence-corrected chi connectivity index (χ1v) is 8.47. The van der Waals surface area contributed by atoms with Crippen LogP contribution < -0.4 is 5.32 Å². The smallest absolute Gasteiger partial charge is 0.407 e. The Labute approximate surface area is 144 Å². The molecule has 23 heavy (non-hydrogen) atoms. The number of alkyl carbamates (subject to hydrolysis) is 1. The molecule has 1 amide bonds. The Morgan fingerprint density at radius 2 is 2.17 bits per heavy atom. The van der Waals surface area contributed by atoms with Gasteiger partial charge in [0.2, 0.25) is 0 Å². The van der Waals surface area contributed by atoms with Gasteiger partial charge < -0.3 is 10.1 Å². The summed E-state index contributed by atoms with van der Waals surface area (Å²) in [5, 5.41) is 3.63. The lowest BCUT2D eigenvalue weighted by molar-refractivity contribution is 0.141. The first kappa shape index (κ1) is 17.3. The third-order valence-corrected chi connectivity index (χ3v) is 3.67. The van der Waals surface area contributed by atoms with Gasteiger partial charge in [-0.25, -0.2) is 14.8 Å². The minimum absolute atomic E-state index is 0.242. The second kappa shape index (κ2) is 9.17. The van der Waals surface area contributed by atoms with Gasteiger partial charge in [-0.2, -0.15) is 0 Å². The van der Waals surface area contributed by atoms with E-state index in [-0.39, 0.29) is 6.61 Å². The van der Waals surface area contributed by atoms with E-state index in [9.17, 15) is 4.79 Å². The summed E-state index contributed by atoms with van der Waals surface area (Å²) in [7, 11) is 0. The highest BCUT2D eigenvalue weighted by Crippen LogP contribution is 2.17. The number of carbonyl (C=O) groups is 1. The van der Waals surface area contributed by atoms with Crippen molar-refractivity contribution in [2.45, 2.75) is 11.8 Å². The van der Waals surface area contributed by atoms with E-state index in [0.29, 0.717) is 22.4 Å². The van der Waals surface area contributed by atoms with E-state index in [4.69, 9.17) is 16.3 Å². The maximum Gasteiger partial charge on any atom is 0.407 e. The summed E-state index contributed by atoms with van der Waals surface area (Å²) in [5.74, 6) is 0. The number of ether oxygens (including phenoxy) is 1. The number of rotatable bonds is 6. The highest BCUT2D eigenvalue weighted by molar-refractivity contribution is 7.98. The summed E-state index contributed by atoms with van der Waals surface area (Å²) < 4.78 is 5.10. The van der Waals surface area contributed by atoms with E-state index < -0.39 is 6.09 Å². The Morgan fingerprint density at radius 1 is 1.39 bits per heavy atom. The van der Waals surface area contributed by atoms with Gasteiger partial charge in [-0.1, -0.05) is 65.8 Å². The minimum Gasteiger partial charge on any atom is -0.445 e. The molecule has 1 aromatic carbocycles. The standard InChI is InChI=1S/C16H16ClN3O2S/c1-23-15-19-10-13(14(17)20-15)8-5-9-18-16(21)22-11-12-6-3-2-4-7-12/h2-8,10H,9,11H2,1H3,(H,18,21). The molecule has 0 spiro atoms. The zero-order valence-corrected chi connectivity index (χ0v) is 14.1. The van der Waals surface area contributed by atoms with Crippen molar-refractivity contribution in [1.82, 2.24) is 15.3 Å². The topological polar surface area (TPSA) is 64.1 Å². The highest BCUT2D eigenvalue weighted by atomic mass is 35.5. The van der Waals surface area contributed by atoms with Gasteiger partial charge in [-0.3, -0.25) is 0 Å². The molecule has 7 heteroatoms. The van der Waals surface area contributed by atoms with Gasteiger partial charge >= 0.3 is 6.09 Å². The van der Waals surface area contributed by atoms with Crippen LogP contribution in [0.1, 0.15) is 11.1 Å². The van der Waals surface area contributed by atoms with Crippen molar-refractivity contribution in [2.75, 3.05) is 12.8 Å². The summed E-state index contributed by atoms with van der Waals surface area (Å²) in [6, 6.07) is 9.50. The molecule has 0 saturated heterocycles. The van der Waals surface area contributed by atoms with Gasteiger partial charge in [-0.05, 0) is 11.8 Å². The van der Waals surface area contributed by atoms with Gasteiger partial charge in [0.1, 0.15) is 11.8 Å². The van der Waals surface area contributed by atoms with Crippen LogP contribution in [0, 0.1) is 0 Å². The molecule has 0 saturated carbocycles. The average molecular weight is 350 g/mol. The lowest BCUT2D eigenvalue weighted by Crippen LogP contribution is -2.24. The van der Waals surface area contributed by atoms with Crippen LogP contribution in [-0.2, 0) is 11.3 Å². The summed E-state index contributed by atoms with van der Waals surface area (Å²) >= 11 is 7.46. The van der Waals surface area contributed by atoms with Crippen molar-refractivity contribution in [3.05, 3.63) is 58.9 Å². The van der Waals surface area contributed by atoms with Crippen molar-refractivity contribution >= 4 is 35.5 Å². The van der Waals surface area contributed by atoms with Gasteiger partial charge in [0, 0.05) is 18.3 Å². The Hall–Kier alpha value is -2.05. The van der Waals surface area contributed by atoms with Crippen LogP contribution in [0.25, 0.3) is 6.08 Å². The van der Waals surface area contributed by atoms with Gasteiger partial charge in [0.15, 0.2) is 5.16 Å².